The monoisotopic (exact) mass is 245 g/mol. The fraction of sp³-hybridized carbons (Fsp3) is 0.538. The molecule has 2 aromatic rings. The first-order valence-corrected chi connectivity index (χ1v) is 6.50. The molecule has 5 heteroatoms. The Labute approximate surface area is 107 Å². The Morgan fingerprint density at radius 2 is 2.11 bits per heavy atom. The van der Waals surface area contributed by atoms with Crippen LogP contribution in [0.1, 0.15) is 30.1 Å². The number of fused-ring (bicyclic) bond motifs is 1. The van der Waals surface area contributed by atoms with E-state index in [4.69, 9.17) is 5.73 Å². The zero-order valence-corrected chi connectivity index (χ0v) is 10.7. The molecule has 96 valence electrons. The first-order chi connectivity index (χ1) is 8.78. The van der Waals surface area contributed by atoms with Gasteiger partial charge in [0, 0.05) is 18.7 Å². The van der Waals surface area contributed by atoms with Crippen LogP contribution in [0.2, 0.25) is 0 Å². The molecule has 0 aliphatic carbocycles. The Hall–Kier alpha value is -1.46. The molecule has 5 nitrogen and oxygen atoms in total. The van der Waals surface area contributed by atoms with Gasteiger partial charge in [-0.05, 0) is 50.7 Å². The van der Waals surface area contributed by atoms with Crippen molar-refractivity contribution in [3.8, 4) is 0 Å². The molecule has 3 rings (SSSR count). The summed E-state index contributed by atoms with van der Waals surface area (Å²) in [5, 5.41) is 8.64. The van der Waals surface area contributed by atoms with E-state index in [9.17, 15) is 0 Å². The van der Waals surface area contributed by atoms with Gasteiger partial charge in [-0.1, -0.05) is 0 Å². The molecule has 18 heavy (non-hydrogen) atoms. The normalized spacial score (nSPS) is 18.6. The first-order valence-electron chi connectivity index (χ1n) is 6.50. The topological polar surface area (TPSA) is 59.5 Å². The number of aromatic nitrogens is 3. The van der Waals surface area contributed by atoms with Crippen LogP contribution in [0.25, 0.3) is 5.65 Å². The highest BCUT2D eigenvalue weighted by Crippen LogP contribution is 2.26. The van der Waals surface area contributed by atoms with E-state index in [0.29, 0.717) is 12.5 Å². The van der Waals surface area contributed by atoms with Gasteiger partial charge in [0.2, 0.25) is 0 Å². The average Bonchev–Trinajstić information content (AvgIpc) is 2.82. The molecule has 3 heterocycles. The summed E-state index contributed by atoms with van der Waals surface area (Å²) < 4.78 is 2.11. The third-order valence-electron chi connectivity index (χ3n) is 3.82. The van der Waals surface area contributed by atoms with Crippen molar-refractivity contribution in [3.05, 3.63) is 29.7 Å². The van der Waals surface area contributed by atoms with Crippen molar-refractivity contribution >= 4 is 5.65 Å². The molecule has 1 saturated heterocycles. The van der Waals surface area contributed by atoms with Crippen molar-refractivity contribution in [2.45, 2.75) is 25.3 Å². The summed E-state index contributed by atoms with van der Waals surface area (Å²) in [6.07, 6.45) is 4.37. The zero-order valence-electron chi connectivity index (χ0n) is 10.7. The van der Waals surface area contributed by atoms with E-state index in [1.807, 2.05) is 12.3 Å². The first kappa shape index (κ1) is 11.6. The van der Waals surface area contributed by atoms with E-state index in [2.05, 4.69) is 32.6 Å². The maximum absolute atomic E-state index is 5.64. The number of likely N-dealkylation sites (tertiary alicyclic amines) is 1. The molecular weight excluding hydrogens is 226 g/mol. The number of piperidine rings is 1. The summed E-state index contributed by atoms with van der Waals surface area (Å²) in [5.41, 5.74) is 7.65. The number of pyridine rings is 1. The molecule has 0 aromatic carbocycles. The summed E-state index contributed by atoms with van der Waals surface area (Å²) in [5.74, 6) is 1.63. The lowest BCUT2D eigenvalue weighted by atomic mass is 9.96. The van der Waals surface area contributed by atoms with Crippen LogP contribution in [0.4, 0.5) is 0 Å². The van der Waals surface area contributed by atoms with Crippen molar-refractivity contribution in [3.63, 3.8) is 0 Å². The van der Waals surface area contributed by atoms with E-state index in [-0.39, 0.29) is 0 Å². The second-order valence-corrected chi connectivity index (χ2v) is 5.10. The summed E-state index contributed by atoms with van der Waals surface area (Å²) in [6, 6.07) is 4.07. The SMILES string of the molecule is CN1CCC(c2nnc3cc(CN)ccn23)CC1. The Morgan fingerprint density at radius 3 is 2.83 bits per heavy atom. The minimum atomic E-state index is 0.528. The van der Waals surface area contributed by atoms with Crippen LogP contribution in [0.3, 0.4) is 0 Å². The van der Waals surface area contributed by atoms with Crippen LogP contribution >= 0.6 is 0 Å². The molecule has 0 unspecified atom stereocenters. The van der Waals surface area contributed by atoms with Gasteiger partial charge in [-0.2, -0.15) is 0 Å². The second-order valence-electron chi connectivity index (χ2n) is 5.10. The number of hydrogen-bond donors (Lipinski definition) is 1. The van der Waals surface area contributed by atoms with Gasteiger partial charge in [0.1, 0.15) is 5.82 Å². The summed E-state index contributed by atoms with van der Waals surface area (Å²) >= 11 is 0. The maximum atomic E-state index is 5.64. The molecule has 0 atom stereocenters. The lowest BCUT2D eigenvalue weighted by Gasteiger charge is -2.27. The van der Waals surface area contributed by atoms with Crippen molar-refractivity contribution in [2.75, 3.05) is 20.1 Å². The Bertz CT molecular complexity index is 539. The fourth-order valence-corrected chi connectivity index (χ4v) is 2.62. The van der Waals surface area contributed by atoms with Crippen LogP contribution in [0.15, 0.2) is 18.3 Å². The summed E-state index contributed by atoms with van der Waals surface area (Å²) in [6.45, 7) is 2.83. The molecule has 1 aliphatic rings. The number of hydrogen-bond acceptors (Lipinski definition) is 4. The largest absolute Gasteiger partial charge is 0.326 e. The Balaban J connectivity index is 1.93. The molecular formula is C13H19N5. The minimum absolute atomic E-state index is 0.528. The smallest absolute Gasteiger partial charge is 0.161 e. The van der Waals surface area contributed by atoms with Crippen LogP contribution < -0.4 is 5.73 Å². The second kappa shape index (κ2) is 4.66. The third-order valence-corrected chi connectivity index (χ3v) is 3.82. The molecule has 0 bridgehead atoms. The van der Waals surface area contributed by atoms with E-state index >= 15 is 0 Å². The van der Waals surface area contributed by atoms with Gasteiger partial charge < -0.3 is 10.6 Å². The highest BCUT2D eigenvalue weighted by atomic mass is 15.2. The predicted octanol–water partition coefficient (Wildman–Crippen LogP) is 0.997. The molecule has 0 spiro atoms. The number of rotatable bonds is 2. The zero-order chi connectivity index (χ0) is 12.5. The molecule has 2 N–H and O–H groups in total. The third kappa shape index (κ3) is 2.00. The Morgan fingerprint density at radius 1 is 1.33 bits per heavy atom. The maximum Gasteiger partial charge on any atom is 0.161 e. The molecule has 0 saturated carbocycles. The van der Waals surface area contributed by atoms with Gasteiger partial charge in [0.25, 0.3) is 0 Å². The standard InChI is InChI=1S/C13H19N5/c1-17-5-3-11(4-6-17)13-16-15-12-8-10(9-14)2-7-18(12)13/h2,7-8,11H,3-6,9,14H2,1H3. The van der Waals surface area contributed by atoms with E-state index in [1.54, 1.807) is 0 Å². The molecule has 0 amide bonds. The van der Waals surface area contributed by atoms with E-state index < -0.39 is 0 Å². The van der Waals surface area contributed by atoms with E-state index in [0.717, 1.165) is 43.0 Å². The average molecular weight is 245 g/mol. The Kier molecular flexibility index (Phi) is 3.01. The lowest BCUT2D eigenvalue weighted by Crippen LogP contribution is -2.29. The van der Waals surface area contributed by atoms with Crippen LogP contribution in [0.5, 0.6) is 0 Å². The van der Waals surface area contributed by atoms with Crippen molar-refractivity contribution in [1.29, 1.82) is 0 Å². The molecule has 1 fully saturated rings. The number of nitrogens with two attached hydrogens (primary N) is 1. The van der Waals surface area contributed by atoms with Gasteiger partial charge in [-0.15, -0.1) is 10.2 Å². The number of nitrogens with zero attached hydrogens (tertiary/aromatic N) is 4. The van der Waals surface area contributed by atoms with Gasteiger partial charge >= 0.3 is 0 Å². The van der Waals surface area contributed by atoms with Crippen molar-refractivity contribution in [1.82, 2.24) is 19.5 Å². The molecule has 1 aliphatic heterocycles. The van der Waals surface area contributed by atoms with Gasteiger partial charge in [0.15, 0.2) is 5.65 Å². The fourth-order valence-electron chi connectivity index (χ4n) is 2.62. The van der Waals surface area contributed by atoms with Crippen molar-refractivity contribution in [2.24, 2.45) is 5.73 Å². The summed E-state index contributed by atoms with van der Waals surface area (Å²) in [4.78, 5) is 2.37. The molecule has 0 radical (unpaired) electrons. The van der Waals surface area contributed by atoms with Crippen LogP contribution in [-0.4, -0.2) is 39.6 Å². The minimum Gasteiger partial charge on any atom is -0.326 e. The highest BCUT2D eigenvalue weighted by molar-refractivity contribution is 5.41. The van der Waals surface area contributed by atoms with E-state index in [1.165, 1.54) is 0 Å². The van der Waals surface area contributed by atoms with Gasteiger partial charge in [0.05, 0.1) is 0 Å². The quantitative estimate of drug-likeness (QED) is 0.857. The van der Waals surface area contributed by atoms with Gasteiger partial charge in [-0.25, -0.2) is 0 Å². The van der Waals surface area contributed by atoms with Crippen LogP contribution in [-0.2, 0) is 6.54 Å². The predicted molar refractivity (Wildman–Crippen MR) is 70.4 cm³/mol. The van der Waals surface area contributed by atoms with Crippen LogP contribution in [0, 0.1) is 0 Å². The lowest BCUT2D eigenvalue weighted by molar-refractivity contribution is 0.250. The van der Waals surface area contributed by atoms with Gasteiger partial charge in [-0.3, -0.25) is 4.40 Å². The molecule has 2 aromatic heterocycles. The van der Waals surface area contributed by atoms with Crippen molar-refractivity contribution < 1.29 is 0 Å². The highest BCUT2D eigenvalue weighted by Gasteiger charge is 2.22. The summed E-state index contributed by atoms with van der Waals surface area (Å²) in [7, 11) is 2.17.